The monoisotopic (exact) mass is 253 g/mol. The molecule has 2 N–H and O–H groups in total. The molecular formula is C15H24FNO. The largest absolute Gasteiger partial charge is 0.392 e. The Bertz CT molecular complexity index is 354. The molecule has 1 aromatic rings. The maximum absolute atomic E-state index is 13.2. The molecule has 102 valence electrons. The van der Waals surface area contributed by atoms with Crippen LogP contribution in [0.3, 0.4) is 0 Å². The fourth-order valence-electron chi connectivity index (χ4n) is 2.13. The van der Waals surface area contributed by atoms with Gasteiger partial charge in [-0.25, -0.2) is 4.39 Å². The first-order chi connectivity index (χ1) is 8.52. The molecule has 2 unspecified atom stereocenters. The van der Waals surface area contributed by atoms with E-state index in [2.05, 4.69) is 26.1 Å². The van der Waals surface area contributed by atoms with Gasteiger partial charge in [0.15, 0.2) is 0 Å². The van der Waals surface area contributed by atoms with Gasteiger partial charge in [-0.05, 0) is 36.5 Å². The molecule has 0 spiro atoms. The van der Waals surface area contributed by atoms with Crippen molar-refractivity contribution in [3.8, 4) is 0 Å². The number of halogens is 1. The molecule has 0 heterocycles. The number of nitrogens with one attached hydrogen (secondary N) is 1. The fourth-order valence-corrected chi connectivity index (χ4v) is 2.13. The van der Waals surface area contributed by atoms with E-state index in [0.717, 1.165) is 18.4 Å². The lowest BCUT2D eigenvalue weighted by Crippen LogP contribution is -2.31. The zero-order chi connectivity index (χ0) is 13.5. The van der Waals surface area contributed by atoms with Gasteiger partial charge in [0, 0.05) is 12.6 Å². The summed E-state index contributed by atoms with van der Waals surface area (Å²) in [5.74, 6) is 0.270. The highest BCUT2D eigenvalue weighted by Crippen LogP contribution is 2.17. The van der Waals surface area contributed by atoms with E-state index in [4.69, 9.17) is 0 Å². The van der Waals surface area contributed by atoms with Crippen LogP contribution in [-0.2, 0) is 0 Å². The van der Waals surface area contributed by atoms with E-state index in [9.17, 15) is 9.50 Å². The Labute approximate surface area is 109 Å². The molecule has 0 saturated heterocycles. The molecule has 0 aliphatic heterocycles. The molecular weight excluding hydrogens is 229 g/mol. The molecule has 18 heavy (non-hydrogen) atoms. The lowest BCUT2D eigenvalue weighted by molar-refractivity contribution is 0.142. The van der Waals surface area contributed by atoms with Crippen LogP contribution in [0, 0.1) is 11.7 Å². The number of rotatable bonds is 7. The van der Waals surface area contributed by atoms with Crippen molar-refractivity contribution in [2.45, 2.75) is 45.8 Å². The van der Waals surface area contributed by atoms with E-state index in [1.807, 2.05) is 6.07 Å². The van der Waals surface area contributed by atoms with Crippen molar-refractivity contribution in [3.63, 3.8) is 0 Å². The lowest BCUT2D eigenvalue weighted by atomic mass is 10.0. The Balaban J connectivity index is 2.52. The highest BCUT2D eigenvalue weighted by Gasteiger charge is 2.12. The molecule has 0 bridgehead atoms. The van der Waals surface area contributed by atoms with Gasteiger partial charge in [0.25, 0.3) is 0 Å². The topological polar surface area (TPSA) is 32.3 Å². The average molecular weight is 253 g/mol. The van der Waals surface area contributed by atoms with Gasteiger partial charge in [-0.3, -0.25) is 0 Å². The summed E-state index contributed by atoms with van der Waals surface area (Å²) in [5, 5.41) is 13.1. The van der Waals surface area contributed by atoms with Gasteiger partial charge in [-0.15, -0.1) is 0 Å². The van der Waals surface area contributed by atoms with Crippen LogP contribution in [0.2, 0.25) is 0 Å². The Morgan fingerprint density at radius 1 is 1.33 bits per heavy atom. The van der Waals surface area contributed by atoms with Gasteiger partial charge in [-0.1, -0.05) is 32.9 Å². The zero-order valence-corrected chi connectivity index (χ0v) is 11.5. The van der Waals surface area contributed by atoms with E-state index in [-0.39, 0.29) is 18.0 Å². The van der Waals surface area contributed by atoms with Crippen molar-refractivity contribution in [2.75, 3.05) is 6.54 Å². The van der Waals surface area contributed by atoms with Gasteiger partial charge >= 0.3 is 0 Å². The van der Waals surface area contributed by atoms with Gasteiger partial charge in [0.05, 0.1) is 6.10 Å². The Morgan fingerprint density at radius 3 is 2.61 bits per heavy atom. The van der Waals surface area contributed by atoms with E-state index < -0.39 is 0 Å². The van der Waals surface area contributed by atoms with Crippen molar-refractivity contribution in [1.29, 1.82) is 0 Å². The molecule has 0 saturated carbocycles. The SMILES string of the molecule is CCC(NCC(O)CC(C)C)c1cccc(F)c1. The summed E-state index contributed by atoms with van der Waals surface area (Å²) in [4.78, 5) is 0. The smallest absolute Gasteiger partial charge is 0.123 e. The second-order valence-corrected chi connectivity index (χ2v) is 5.21. The summed E-state index contributed by atoms with van der Waals surface area (Å²) >= 11 is 0. The number of hydrogen-bond donors (Lipinski definition) is 2. The normalized spacial score (nSPS) is 14.8. The van der Waals surface area contributed by atoms with Crippen molar-refractivity contribution < 1.29 is 9.50 Å². The van der Waals surface area contributed by atoms with Crippen molar-refractivity contribution in [3.05, 3.63) is 35.6 Å². The molecule has 0 aliphatic rings. The summed E-state index contributed by atoms with van der Waals surface area (Å²) in [5.41, 5.74) is 0.939. The summed E-state index contributed by atoms with van der Waals surface area (Å²) in [6.45, 7) is 6.78. The lowest BCUT2D eigenvalue weighted by Gasteiger charge is -2.20. The van der Waals surface area contributed by atoms with Gasteiger partial charge in [0.1, 0.15) is 5.82 Å². The Morgan fingerprint density at radius 2 is 2.06 bits per heavy atom. The second-order valence-electron chi connectivity index (χ2n) is 5.21. The van der Waals surface area contributed by atoms with Crippen molar-refractivity contribution >= 4 is 0 Å². The maximum Gasteiger partial charge on any atom is 0.123 e. The van der Waals surface area contributed by atoms with Crippen LogP contribution >= 0.6 is 0 Å². The molecule has 0 aliphatic carbocycles. The van der Waals surface area contributed by atoms with Gasteiger partial charge in [-0.2, -0.15) is 0 Å². The van der Waals surface area contributed by atoms with Crippen LogP contribution in [0.5, 0.6) is 0 Å². The predicted octanol–water partition coefficient (Wildman–Crippen LogP) is 3.27. The van der Waals surface area contributed by atoms with Crippen LogP contribution in [0.25, 0.3) is 0 Å². The number of hydrogen-bond acceptors (Lipinski definition) is 2. The molecule has 0 fully saturated rings. The summed E-state index contributed by atoms with van der Waals surface area (Å²) < 4.78 is 13.2. The van der Waals surface area contributed by atoms with E-state index >= 15 is 0 Å². The number of aliphatic hydroxyl groups excluding tert-OH is 1. The van der Waals surface area contributed by atoms with Crippen molar-refractivity contribution in [2.24, 2.45) is 5.92 Å². The minimum atomic E-state index is -0.340. The fraction of sp³-hybridized carbons (Fsp3) is 0.600. The molecule has 3 heteroatoms. The second kappa shape index (κ2) is 7.49. The molecule has 0 aromatic heterocycles. The third-order valence-electron chi connectivity index (χ3n) is 3.00. The summed E-state index contributed by atoms with van der Waals surface area (Å²) in [6, 6.07) is 6.74. The van der Waals surface area contributed by atoms with Crippen LogP contribution in [0.15, 0.2) is 24.3 Å². The van der Waals surface area contributed by atoms with E-state index in [1.165, 1.54) is 6.07 Å². The highest BCUT2D eigenvalue weighted by atomic mass is 19.1. The third-order valence-corrected chi connectivity index (χ3v) is 3.00. The van der Waals surface area contributed by atoms with Gasteiger partial charge < -0.3 is 10.4 Å². The molecule has 2 atom stereocenters. The standard InChI is InChI=1S/C15H24FNO/c1-4-15(12-6-5-7-13(16)9-12)17-10-14(18)8-11(2)3/h5-7,9,11,14-15,17-18H,4,8,10H2,1-3H3. The van der Waals surface area contributed by atoms with Crippen LogP contribution in [0.4, 0.5) is 4.39 Å². The van der Waals surface area contributed by atoms with Crippen LogP contribution in [0.1, 0.15) is 45.2 Å². The van der Waals surface area contributed by atoms with Crippen LogP contribution in [-0.4, -0.2) is 17.8 Å². The van der Waals surface area contributed by atoms with E-state index in [0.29, 0.717) is 12.5 Å². The summed E-state index contributed by atoms with van der Waals surface area (Å²) in [7, 11) is 0. The first-order valence-electron chi connectivity index (χ1n) is 6.69. The summed E-state index contributed by atoms with van der Waals surface area (Å²) in [6.07, 6.45) is 1.32. The first kappa shape index (κ1) is 15.1. The number of aliphatic hydroxyl groups is 1. The van der Waals surface area contributed by atoms with Gasteiger partial charge in [0.2, 0.25) is 0 Å². The highest BCUT2D eigenvalue weighted by molar-refractivity contribution is 5.20. The molecule has 2 nitrogen and oxygen atoms in total. The molecule has 1 rings (SSSR count). The minimum Gasteiger partial charge on any atom is -0.392 e. The first-order valence-corrected chi connectivity index (χ1v) is 6.69. The minimum absolute atomic E-state index is 0.0995. The van der Waals surface area contributed by atoms with Crippen LogP contribution < -0.4 is 5.32 Å². The van der Waals surface area contributed by atoms with E-state index in [1.54, 1.807) is 12.1 Å². The molecule has 0 radical (unpaired) electrons. The third kappa shape index (κ3) is 5.15. The molecule has 1 aromatic carbocycles. The quantitative estimate of drug-likeness (QED) is 0.781. The Hall–Kier alpha value is -0.930. The zero-order valence-electron chi connectivity index (χ0n) is 11.5. The predicted molar refractivity (Wildman–Crippen MR) is 72.9 cm³/mol. The average Bonchev–Trinajstić information content (AvgIpc) is 2.29. The molecule has 0 amide bonds. The maximum atomic E-state index is 13.2. The number of benzene rings is 1. The Kier molecular flexibility index (Phi) is 6.30. The van der Waals surface area contributed by atoms with Crippen molar-refractivity contribution in [1.82, 2.24) is 5.32 Å².